The van der Waals surface area contributed by atoms with Gasteiger partial charge in [-0.1, -0.05) is 27.2 Å². The third kappa shape index (κ3) is 5.31. The molecule has 110 valence electrons. The second kappa shape index (κ2) is 7.63. The second-order valence-electron chi connectivity index (χ2n) is 6.05. The maximum absolute atomic E-state index is 12.0. The van der Waals surface area contributed by atoms with Crippen molar-refractivity contribution in [3.63, 3.8) is 0 Å². The summed E-state index contributed by atoms with van der Waals surface area (Å²) >= 11 is 0. The number of nitrogens with zero attached hydrogens (tertiary/aromatic N) is 1. The lowest BCUT2D eigenvalue weighted by Gasteiger charge is -2.32. The van der Waals surface area contributed by atoms with Crippen molar-refractivity contribution in [1.29, 1.82) is 0 Å². The fourth-order valence-corrected chi connectivity index (χ4v) is 2.79. The Morgan fingerprint density at radius 2 is 2.05 bits per heavy atom. The molecule has 4 nitrogen and oxygen atoms in total. The first-order chi connectivity index (χ1) is 8.93. The molecule has 4 heteroatoms. The van der Waals surface area contributed by atoms with Gasteiger partial charge in [-0.3, -0.25) is 14.5 Å². The van der Waals surface area contributed by atoms with E-state index in [1.54, 1.807) is 6.92 Å². The van der Waals surface area contributed by atoms with Crippen molar-refractivity contribution in [2.45, 2.75) is 53.0 Å². The molecule has 1 rings (SSSR count). The standard InChI is InChI=1S/C15H28N2O2/c1-5-13-7-6-8-17(9-13)10-14(19)16-15(11(2)3)12(4)18/h11,13,15H,5-10H2,1-4H3,(H,16,19). The first kappa shape index (κ1) is 16.2. The number of rotatable bonds is 6. The van der Waals surface area contributed by atoms with Crippen LogP contribution in [0.5, 0.6) is 0 Å². The van der Waals surface area contributed by atoms with E-state index < -0.39 is 0 Å². The highest BCUT2D eigenvalue weighted by Gasteiger charge is 2.24. The number of likely N-dealkylation sites (tertiary alicyclic amines) is 1. The number of piperidine rings is 1. The molecule has 1 heterocycles. The maximum Gasteiger partial charge on any atom is 0.234 e. The molecule has 0 aliphatic carbocycles. The second-order valence-corrected chi connectivity index (χ2v) is 6.05. The SMILES string of the molecule is CCC1CCCN(CC(=O)NC(C(C)=O)C(C)C)C1. The molecule has 0 saturated carbocycles. The highest BCUT2D eigenvalue weighted by Crippen LogP contribution is 2.18. The van der Waals surface area contributed by atoms with Crippen molar-refractivity contribution in [1.82, 2.24) is 10.2 Å². The van der Waals surface area contributed by atoms with Gasteiger partial charge >= 0.3 is 0 Å². The minimum Gasteiger partial charge on any atom is -0.345 e. The lowest BCUT2D eigenvalue weighted by molar-refractivity contribution is -0.128. The molecular weight excluding hydrogens is 240 g/mol. The van der Waals surface area contributed by atoms with Gasteiger partial charge in [-0.15, -0.1) is 0 Å². The molecule has 0 spiro atoms. The Kier molecular flexibility index (Phi) is 6.49. The van der Waals surface area contributed by atoms with Crippen LogP contribution in [0.2, 0.25) is 0 Å². The lowest BCUT2D eigenvalue weighted by atomic mass is 9.95. The largest absolute Gasteiger partial charge is 0.345 e. The number of carbonyl (C=O) groups is 2. The summed E-state index contributed by atoms with van der Waals surface area (Å²) in [4.78, 5) is 25.7. The zero-order chi connectivity index (χ0) is 14.4. The maximum atomic E-state index is 12.0. The molecule has 0 aromatic carbocycles. The fraction of sp³-hybridized carbons (Fsp3) is 0.867. The summed E-state index contributed by atoms with van der Waals surface area (Å²) in [5.74, 6) is 0.875. The van der Waals surface area contributed by atoms with Crippen molar-refractivity contribution < 1.29 is 9.59 Å². The van der Waals surface area contributed by atoms with Crippen LogP contribution in [-0.4, -0.2) is 42.3 Å². The number of amides is 1. The van der Waals surface area contributed by atoms with Crippen LogP contribution in [0.1, 0.15) is 47.0 Å². The third-order valence-electron chi connectivity index (χ3n) is 3.97. The fourth-order valence-electron chi connectivity index (χ4n) is 2.79. The minimum absolute atomic E-state index is 0.0225. The summed E-state index contributed by atoms with van der Waals surface area (Å²) in [5, 5.41) is 2.87. The molecule has 0 radical (unpaired) electrons. The molecular formula is C15H28N2O2. The quantitative estimate of drug-likeness (QED) is 0.799. The zero-order valence-corrected chi connectivity index (χ0v) is 12.7. The highest BCUT2D eigenvalue weighted by molar-refractivity contribution is 5.88. The van der Waals surface area contributed by atoms with E-state index in [4.69, 9.17) is 0 Å². The van der Waals surface area contributed by atoms with Crippen molar-refractivity contribution in [3.8, 4) is 0 Å². The van der Waals surface area contributed by atoms with E-state index in [0.29, 0.717) is 6.54 Å². The van der Waals surface area contributed by atoms with E-state index in [1.165, 1.54) is 19.3 Å². The topological polar surface area (TPSA) is 49.4 Å². The van der Waals surface area contributed by atoms with Gasteiger partial charge in [-0.2, -0.15) is 0 Å². The van der Waals surface area contributed by atoms with Gasteiger partial charge in [-0.05, 0) is 38.1 Å². The molecule has 0 bridgehead atoms. The molecule has 1 amide bonds. The van der Waals surface area contributed by atoms with Crippen LogP contribution in [0.15, 0.2) is 0 Å². The third-order valence-corrected chi connectivity index (χ3v) is 3.97. The zero-order valence-electron chi connectivity index (χ0n) is 12.7. The number of ketones is 1. The first-order valence-electron chi connectivity index (χ1n) is 7.46. The molecule has 0 aromatic rings. The highest BCUT2D eigenvalue weighted by atomic mass is 16.2. The van der Waals surface area contributed by atoms with Crippen molar-refractivity contribution in [3.05, 3.63) is 0 Å². The van der Waals surface area contributed by atoms with E-state index in [1.807, 2.05) is 13.8 Å². The van der Waals surface area contributed by atoms with Gasteiger partial charge in [0, 0.05) is 6.54 Å². The molecule has 1 aliphatic heterocycles. The van der Waals surface area contributed by atoms with E-state index in [9.17, 15) is 9.59 Å². The Bertz CT molecular complexity index is 315. The molecule has 1 aliphatic rings. The predicted octanol–water partition coefficient (Wildman–Crippen LogP) is 1.84. The molecule has 2 atom stereocenters. The van der Waals surface area contributed by atoms with Crippen LogP contribution in [0.3, 0.4) is 0 Å². The van der Waals surface area contributed by atoms with Crippen LogP contribution in [-0.2, 0) is 9.59 Å². The van der Waals surface area contributed by atoms with Gasteiger partial charge in [0.1, 0.15) is 0 Å². The number of hydrogen-bond acceptors (Lipinski definition) is 3. The van der Waals surface area contributed by atoms with Gasteiger partial charge in [0.05, 0.1) is 12.6 Å². The average Bonchev–Trinajstić information content (AvgIpc) is 2.35. The first-order valence-corrected chi connectivity index (χ1v) is 7.46. The van der Waals surface area contributed by atoms with E-state index in [-0.39, 0.29) is 23.7 Å². The Morgan fingerprint density at radius 1 is 1.37 bits per heavy atom. The molecule has 2 unspecified atom stereocenters. The van der Waals surface area contributed by atoms with Crippen LogP contribution >= 0.6 is 0 Å². The Hall–Kier alpha value is -0.900. The van der Waals surface area contributed by atoms with Crippen molar-refractivity contribution in [2.75, 3.05) is 19.6 Å². The molecule has 0 aromatic heterocycles. The number of hydrogen-bond donors (Lipinski definition) is 1. The number of nitrogens with one attached hydrogen (secondary N) is 1. The molecule has 19 heavy (non-hydrogen) atoms. The summed E-state index contributed by atoms with van der Waals surface area (Å²) in [7, 11) is 0. The Labute approximate surface area is 116 Å². The predicted molar refractivity (Wildman–Crippen MR) is 76.9 cm³/mol. The summed E-state index contributed by atoms with van der Waals surface area (Å²) in [6.45, 7) is 10.1. The van der Waals surface area contributed by atoms with Gasteiger partial charge in [0.15, 0.2) is 5.78 Å². The van der Waals surface area contributed by atoms with Crippen molar-refractivity contribution >= 4 is 11.7 Å². The number of carbonyl (C=O) groups excluding carboxylic acids is 2. The van der Waals surface area contributed by atoms with Crippen molar-refractivity contribution in [2.24, 2.45) is 11.8 Å². The molecule has 1 N–H and O–H groups in total. The van der Waals surface area contributed by atoms with Crippen LogP contribution in [0, 0.1) is 11.8 Å². The van der Waals surface area contributed by atoms with Gasteiger partial charge in [-0.25, -0.2) is 0 Å². The Morgan fingerprint density at radius 3 is 2.58 bits per heavy atom. The minimum atomic E-state index is -0.348. The normalized spacial score (nSPS) is 22.3. The molecule has 1 saturated heterocycles. The van der Waals surface area contributed by atoms with Gasteiger partial charge in [0.2, 0.25) is 5.91 Å². The molecule has 1 fully saturated rings. The monoisotopic (exact) mass is 268 g/mol. The summed E-state index contributed by atoms with van der Waals surface area (Å²) < 4.78 is 0. The van der Waals surface area contributed by atoms with E-state index >= 15 is 0 Å². The van der Waals surface area contributed by atoms with Gasteiger partial charge in [0.25, 0.3) is 0 Å². The Balaban J connectivity index is 2.43. The summed E-state index contributed by atoms with van der Waals surface area (Å²) in [5.41, 5.74) is 0. The van der Waals surface area contributed by atoms with E-state index in [0.717, 1.165) is 19.0 Å². The van der Waals surface area contributed by atoms with Crippen LogP contribution < -0.4 is 5.32 Å². The summed E-state index contributed by atoms with van der Waals surface area (Å²) in [6.07, 6.45) is 3.63. The summed E-state index contributed by atoms with van der Waals surface area (Å²) in [6, 6.07) is -0.348. The van der Waals surface area contributed by atoms with Crippen LogP contribution in [0.4, 0.5) is 0 Å². The number of Topliss-reactive ketones (excluding diaryl/α,β-unsaturated/α-hetero) is 1. The average molecular weight is 268 g/mol. The lowest BCUT2D eigenvalue weighted by Crippen LogP contribution is -2.48. The van der Waals surface area contributed by atoms with Crippen LogP contribution in [0.25, 0.3) is 0 Å². The van der Waals surface area contributed by atoms with E-state index in [2.05, 4.69) is 17.1 Å². The smallest absolute Gasteiger partial charge is 0.234 e. The van der Waals surface area contributed by atoms with Gasteiger partial charge < -0.3 is 5.32 Å².